The molecule has 3 rings (SSSR count). The molecule has 0 bridgehead atoms. The average Bonchev–Trinajstić information content (AvgIpc) is 2.91. The number of hydrogen-bond acceptors (Lipinski definition) is 2. The monoisotopic (exact) mass is 348 g/mol. The van der Waals surface area contributed by atoms with Gasteiger partial charge in [0, 0.05) is 29.7 Å². The summed E-state index contributed by atoms with van der Waals surface area (Å²) < 4.78 is 1.95. The summed E-state index contributed by atoms with van der Waals surface area (Å²) in [6, 6.07) is 17.7. The maximum Gasteiger partial charge on any atom is 0.292 e. The van der Waals surface area contributed by atoms with Crippen LogP contribution < -0.4 is 5.32 Å². The van der Waals surface area contributed by atoms with Gasteiger partial charge in [-0.3, -0.25) is 9.59 Å². The van der Waals surface area contributed by atoms with Crippen molar-refractivity contribution in [3.63, 3.8) is 0 Å². The molecule has 0 aliphatic heterocycles. The van der Waals surface area contributed by atoms with Crippen molar-refractivity contribution in [1.82, 2.24) is 9.88 Å². The van der Waals surface area contributed by atoms with Crippen LogP contribution in [-0.4, -0.2) is 22.3 Å². The van der Waals surface area contributed by atoms with Crippen LogP contribution in [0.2, 0.25) is 0 Å². The van der Waals surface area contributed by atoms with Gasteiger partial charge in [0.25, 0.3) is 11.7 Å². The Labute approximate surface area is 153 Å². The molecule has 4 heteroatoms. The van der Waals surface area contributed by atoms with Gasteiger partial charge < -0.3 is 9.88 Å². The van der Waals surface area contributed by atoms with Gasteiger partial charge in [-0.25, -0.2) is 0 Å². The summed E-state index contributed by atoms with van der Waals surface area (Å²) >= 11 is 0. The summed E-state index contributed by atoms with van der Waals surface area (Å²) in [5, 5.41) is 3.68. The van der Waals surface area contributed by atoms with Crippen LogP contribution in [0.25, 0.3) is 10.9 Å². The summed E-state index contributed by atoms with van der Waals surface area (Å²) in [4.78, 5) is 25.3. The average molecular weight is 348 g/mol. The van der Waals surface area contributed by atoms with E-state index in [2.05, 4.69) is 17.4 Å². The zero-order valence-corrected chi connectivity index (χ0v) is 15.5. The summed E-state index contributed by atoms with van der Waals surface area (Å²) in [5.41, 5.74) is 3.49. The Morgan fingerprint density at radius 1 is 1.04 bits per heavy atom. The number of ketones is 1. The zero-order chi connectivity index (χ0) is 18.7. The number of rotatable bonds is 6. The lowest BCUT2D eigenvalue weighted by Crippen LogP contribution is -2.38. The van der Waals surface area contributed by atoms with E-state index in [9.17, 15) is 9.59 Å². The number of fused-ring (bicyclic) bond motifs is 1. The van der Waals surface area contributed by atoms with E-state index in [0.717, 1.165) is 29.4 Å². The van der Waals surface area contributed by atoms with Crippen molar-refractivity contribution in [2.24, 2.45) is 7.05 Å². The Hall–Kier alpha value is -2.88. The molecule has 0 saturated carbocycles. The van der Waals surface area contributed by atoms with E-state index in [1.54, 1.807) is 0 Å². The molecule has 0 spiro atoms. The van der Waals surface area contributed by atoms with Crippen molar-refractivity contribution < 1.29 is 9.59 Å². The van der Waals surface area contributed by atoms with E-state index in [4.69, 9.17) is 0 Å². The first kappa shape index (κ1) is 17.9. The Bertz CT molecular complexity index is 941. The lowest BCUT2D eigenvalue weighted by Gasteiger charge is -2.13. The third-order valence-corrected chi connectivity index (χ3v) is 4.92. The normalized spacial score (nSPS) is 12.1. The van der Waals surface area contributed by atoms with Gasteiger partial charge in [-0.2, -0.15) is 0 Å². The molecular formula is C22H24N2O2. The quantitative estimate of drug-likeness (QED) is 0.544. The maximum absolute atomic E-state index is 12.8. The van der Waals surface area contributed by atoms with Crippen LogP contribution in [0, 0.1) is 6.92 Å². The number of benzene rings is 2. The molecule has 2 aromatic carbocycles. The van der Waals surface area contributed by atoms with E-state index < -0.39 is 11.7 Å². The fourth-order valence-corrected chi connectivity index (χ4v) is 3.31. The van der Waals surface area contributed by atoms with Crippen LogP contribution in [0.3, 0.4) is 0 Å². The topological polar surface area (TPSA) is 51.1 Å². The third kappa shape index (κ3) is 3.54. The molecule has 1 unspecified atom stereocenters. The summed E-state index contributed by atoms with van der Waals surface area (Å²) in [6.07, 6.45) is 1.65. The largest absolute Gasteiger partial charge is 0.347 e. The maximum atomic E-state index is 12.8. The summed E-state index contributed by atoms with van der Waals surface area (Å²) in [5.74, 6) is -1.00. The van der Waals surface area contributed by atoms with E-state index in [-0.39, 0.29) is 6.04 Å². The van der Waals surface area contributed by atoms with Crippen molar-refractivity contribution in [2.75, 3.05) is 0 Å². The molecule has 1 N–H and O–H groups in total. The van der Waals surface area contributed by atoms with Gasteiger partial charge in [0.2, 0.25) is 0 Å². The Morgan fingerprint density at radius 3 is 2.42 bits per heavy atom. The summed E-state index contributed by atoms with van der Waals surface area (Å²) in [6.45, 7) is 3.81. The Kier molecular flexibility index (Phi) is 5.21. The minimum absolute atomic E-state index is 0.0676. The number of hydrogen-bond donors (Lipinski definition) is 1. The van der Waals surface area contributed by atoms with Crippen LogP contribution in [-0.2, 0) is 18.3 Å². The lowest BCUT2D eigenvalue weighted by molar-refractivity contribution is -0.117. The van der Waals surface area contributed by atoms with E-state index in [0.29, 0.717) is 5.56 Å². The number of para-hydroxylation sites is 1. The number of Topliss-reactive ketones (excluding diaryl/α,β-unsaturated/α-hetero) is 1. The van der Waals surface area contributed by atoms with Crippen molar-refractivity contribution in [2.45, 2.75) is 32.7 Å². The highest BCUT2D eigenvalue weighted by Crippen LogP contribution is 2.25. The molecule has 3 aromatic rings. The smallest absolute Gasteiger partial charge is 0.292 e. The minimum Gasteiger partial charge on any atom is -0.347 e. The number of carbonyl (C=O) groups excluding carboxylic acids is 2. The van der Waals surface area contributed by atoms with E-state index in [1.807, 2.05) is 67.9 Å². The van der Waals surface area contributed by atoms with Crippen LogP contribution in [0.1, 0.15) is 35.0 Å². The predicted octanol–water partition coefficient (Wildman–Crippen LogP) is 3.81. The lowest BCUT2D eigenvalue weighted by atomic mass is 10.0. The number of aromatic nitrogens is 1. The molecule has 0 saturated heterocycles. The molecular weight excluding hydrogens is 324 g/mol. The number of aryl methyl sites for hydroxylation is 2. The van der Waals surface area contributed by atoms with Crippen molar-refractivity contribution >= 4 is 22.6 Å². The third-order valence-electron chi connectivity index (χ3n) is 4.92. The molecule has 1 atom stereocenters. The molecule has 134 valence electrons. The zero-order valence-electron chi connectivity index (χ0n) is 15.5. The second-order valence-electron chi connectivity index (χ2n) is 6.76. The van der Waals surface area contributed by atoms with Gasteiger partial charge >= 0.3 is 0 Å². The van der Waals surface area contributed by atoms with Crippen molar-refractivity contribution in [3.05, 3.63) is 71.4 Å². The first-order valence-electron chi connectivity index (χ1n) is 8.92. The van der Waals surface area contributed by atoms with Crippen molar-refractivity contribution in [1.29, 1.82) is 0 Å². The van der Waals surface area contributed by atoms with E-state index >= 15 is 0 Å². The van der Waals surface area contributed by atoms with Crippen LogP contribution in [0.5, 0.6) is 0 Å². The number of carbonyl (C=O) groups is 2. The van der Waals surface area contributed by atoms with Crippen LogP contribution in [0.15, 0.2) is 54.6 Å². The highest BCUT2D eigenvalue weighted by Gasteiger charge is 2.24. The minimum atomic E-state index is -0.537. The molecule has 0 fully saturated rings. The van der Waals surface area contributed by atoms with Crippen molar-refractivity contribution in [3.8, 4) is 0 Å². The molecule has 4 nitrogen and oxygen atoms in total. The fourth-order valence-electron chi connectivity index (χ4n) is 3.31. The standard InChI is InChI=1S/C22H24N2O2/c1-15(13-14-17-9-5-4-6-10-17)23-22(26)21(25)20-16(2)24(3)19-12-8-7-11-18(19)20/h4-12,15H,13-14H2,1-3H3,(H,23,26). The van der Waals surface area contributed by atoms with Crippen LogP contribution >= 0.6 is 0 Å². The number of nitrogens with one attached hydrogen (secondary N) is 1. The van der Waals surface area contributed by atoms with Gasteiger partial charge in [0.15, 0.2) is 0 Å². The molecule has 0 aliphatic carbocycles. The molecule has 0 aliphatic rings. The number of amides is 1. The van der Waals surface area contributed by atoms with Gasteiger partial charge in [0.05, 0.1) is 5.56 Å². The highest BCUT2D eigenvalue weighted by molar-refractivity contribution is 6.45. The van der Waals surface area contributed by atoms with Gasteiger partial charge in [0.1, 0.15) is 0 Å². The van der Waals surface area contributed by atoms with Gasteiger partial charge in [-0.05, 0) is 38.3 Å². The first-order chi connectivity index (χ1) is 12.5. The van der Waals surface area contributed by atoms with Gasteiger partial charge in [-0.15, -0.1) is 0 Å². The van der Waals surface area contributed by atoms with Gasteiger partial charge in [-0.1, -0.05) is 48.5 Å². The number of nitrogens with zero attached hydrogens (tertiary/aromatic N) is 1. The Balaban J connectivity index is 1.70. The molecule has 1 aromatic heterocycles. The molecule has 0 radical (unpaired) electrons. The second-order valence-corrected chi connectivity index (χ2v) is 6.76. The highest BCUT2D eigenvalue weighted by atomic mass is 16.2. The molecule has 1 heterocycles. The fraction of sp³-hybridized carbons (Fsp3) is 0.273. The summed E-state index contributed by atoms with van der Waals surface area (Å²) in [7, 11) is 1.91. The molecule has 26 heavy (non-hydrogen) atoms. The predicted molar refractivity (Wildman–Crippen MR) is 104 cm³/mol. The first-order valence-corrected chi connectivity index (χ1v) is 8.92. The van der Waals surface area contributed by atoms with Crippen LogP contribution in [0.4, 0.5) is 0 Å². The Morgan fingerprint density at radius 2 is 1.69 bits per heavy atom. The SMILES string of the molecule is Cc1c(C(=O)C(=O)NC(C)CCc2ccccc2)c2ccccc2n1C. The molecule has 1 amide bonds. The second kappa shape index (κ2) is 7.56. The van der Waals surface area contributed by atoms with E-state index in [1.165, 1.54) is 5.56 Å².